The average Bonchev–Trinajstić information content (AvgIpc) is 2.15. The zero-order valence-electron chi connectivity index (χ0n) is 8.26. The first-order valence-corrected chi connectivity index (χ1v) is 6.04. The molecule has 0 fully saturated rings. The minimum atomic E-state index is -3.49. The lowest BCUT2D eigenvalue weighted by atomic mass is 10.2. The van der Waals surface area contributed by atoms with Gasteiger partial charge in [0.15, 0.2) is 0 Å². The lowest BCUT2D eigenvalue weighted by Gasteiger charge is -2.03. The Kier molecular flexibility index (Phi) is 3.04. The molecule has 1 aromatic heterocycles. The van der Waals surface area contributed by atoms with Crippen molar-refractivity contribution in [3.05, 3.63) is 17.5 Å². The fourth-order valence-electron chi connectivity index (χ4n) is 1.03. The van der Waals surface area contributed by atoms with E-state index in [-0.39, 0.29) is 16.4 Å². The first-order chi connectivity index (χ1) is 6.86. The molecule has 0 unspecified atom stereocenters. The number of hydrogen-bond donors (Lipinski definition) is 1. The highest BCUT2D eigenvalue weighted by Crippen LogP contribution is 2.09. The van der Waals surface area contributed by atoms with E-state index in [4.69, 9.17) is 5.11 Å². The van der Waals surface area contributed by atoms with Crippen LogP contribution >= 0.6 is 0 Å². The van der Waals surface area contributed by atoms with Crippen LogP contribution in [0.15, 0.2) is 11.4 Å². The SMILES string of the molecule is CCc1nc(S(C)(=O)=O)ncc1C(=O)O. The molecular formula is C8H10N2O4S. The van der Waals surface area contributed by atoms with Crippen LogP contribution in [0, 0.1) is 0 Å². The van der Waals surface area contributed by atoms with Crippen molar-refractivity contribution >= 4 is 15.8 Å². The maximum atomic E-state index is 11.1. The van der Waals surface area contributed by atoms with Crippen molar-refractivity contribution in [1.29, 1.82) is 0 Å². The van der Waals surface area contributed by atoms with Crippen molar-refractivity contribution < 1.29 is 18.3 Å². The van der Waals surface area contributed by atoms with Crippen LogP contribution in [0.2, 0.25) is 0 Å². The summed E-state index contributed by atoms with van der Waals surface area (Å²) in [5, 5.41) is 8.42. The molecule has 0 aliphatic rings. The third-order valence-electron chi connectivity index (χ3n) is 1.74. The summed E-state index contributed by atoms with van der Waals surface area (Å²) in [7, 11) is -3.49. The third kappa shape index (κ3) is 2.50. The number of hydrogen-bond acceptors (Lipinski definition) is 5. The number of sulfone groups is 1. The molecule has 1 heterocycles. The minimum Gasteiger partial charge on any atom is -0.478 e. The van der Waals surface area contributed by atoms with Crippen LogP contribution in [0.3, 0.4) is 0 Å². The number of carboxylic acids is 1. The number of aromatic nitrogens is 2. The Morgan fingerprint density at radius 2 is 2.13 bits per heavy atom. The fourth-order valence-corrected chi connectivity index (χ4v) is 1.55. The lowest BCUT2D eigenvalue weighted by molar-refractivity contribution is 0.0694. The van der Waals surface area contributed by atoms with Gasteiger partial charge in [0.2, 0.25) is 15.0 Å². The highest BCUT2D eigenvalue weighted by molar-refractivity contribution is 7.90. The quantitative estimate of drug-likeness (QED) is 0.742. The van der Waals surface area contributed by atoms with Gasteiger partial charge in [0.05, 0.1) is 11.3 Å². The van der Waals surface area contributed by atoms with Gasteiger partial charge in [-0.05, 0) is 6.42 Å². The van der Waals surface area contributed by atoms with Crippen molar-refractivity contribution in [2.24, 2.45) is 0 Å². The molecule has 0 bridgehead atoms. The summed E-state index contributed by atoms with van der Waals surface area (Å²) in [6.45, 7) is 1.70. The topological polar surface area (TPSA) is 97.2 Å². The molecule has 82 valence electrons. The molecule has 0 saturated heterocycles. The second kappa shape index (κ2) is 3.93. The van der Waals surface area contributed by atoms with Crippen molar-refractivity contribution in [1.82, 2.24) is 9.97 Å². The smallest absolute Gasteiger partial charge is 0.339 e. The molecule has 0 spiro atoms. The van der Waals surface area contributed by atoms with E-state index in [1.165, 1.54) is 0 Å². The third-order valence-corrected chi connectivity index (χ3v) is 2.60. The normalized spacial score (nSPS) is 11.3. The van der Waals surface area contributed by atoms with Gasteiger partial charge in [-0.1, -0.05) is 6.92 Å². The molecule has 0 saturated carbocycles. The monoisotopic (exact) mass is 230 g/mol. The van der Waals surface area contributed by atoms with Crippen LogP contribution in [0.4, 0.5) is 0 Å². The number of aryl methyl sites for hydroxylation is 1. The fraction of sp³-hybridized carbons (Fsp3) is 0.375. The minimum absolute atomic E-state index is 0.0649. The van der Waals surface area contributed by atoms with Crippen LogP contribution in [0.5, 0.6) is 0 Å². The Hall–Kier alpha value is -1.50. The Balaban J connectivity index is 3.38. The first-order valence-electron chi connectivity index (χ1n) is 4.15. The molecule has 1 aromatic rings. The maximum Gasteiger partial charge on any atom is 0.339 e. The Morgan fingerprint density at radius 1 is 1.53 bits per heavy atom. The second-order valence-corrected chi connectivity index (χ2v) is 4.85. The second-order valence-electron chi connectivity index (χ2n) is 2.94. The summed E-state index contributed by atoms with van der Waals surface area (Å²) in [6.07, 6.45) is 2.33. The molecule has 1 N–H and O–H groups in total. The summed E-state index contributed by atoms with van der Waals surface area (Å²) in [4.78, 5) is 17.9. The maximum absolute atomic E-state index is 11.1. The first kappa shape index (κ1) is 11.6. The van der Waals surface area contributed by atoms with E-state index >= 15 is 0 Å². The van der Waals surface area contributed by atoms with E-state index in [0.717, 1.165) is 12.5 Å². The highest BCUT2D eigenvalue weighted by Gasteiger charge is 2.16. The molecule has 1 rings (SSSR count). The van der Waals surface area contributed by atoms with Gasteiger partial charge in [0, 0.05) is 12.5 Å². The van der Waals surface area contributed by atoms with Crippen LogP contribution in [0.25, 0.3) is 0 Å². The molecule has 15 heavy (non-hydrogen) atoms. The largest absolute Gasteiger partial charge is 0.478 e. The van der Waals surface area contributed by atoms with E-state index in [9.17, 15) is 13.2 Å². The molecule has 0 aliphatic carbocycles. The molecule has 6 nitrogen and oxygen atoms in total. The summed E-state index contributed by atoms with van der Waals surface area (Å²) in [5.74, 6) is -1.16. The number of nitrogens with zero attached hydrogens (tertiary/aromatic N) is 2. The summed E-state index contributed by atoms with van der Waals surface area (Å²) >= 11 is 0. The van der Waals surface area contributed by atoms with Gasteiger partial charge in [-0.2, -0.15) is 0 Å². The summed E-state index contributed by atoms with van der Waals surface area (Å²) < 4.78 is 22.2. The predicted octanol–water partition coefficient (Wildman–Crippen LogP) is 0.141. The lowest BCUT2D eigenvalue weighted by Crippen LogP contribution is -2.11. The van der Waals surface area contributed by atoms with Crippen LogP contribution < -0.4 is 0 Å². The van der Waals surface area contributed by atoms with Crippen molar-refractivity contribution in [2.75, 3.05) is 6.26 Å². The highest BCUT2D eigenvalue weighted by atomic mass is 32.2. The van der Waals surface area contributed by atoms with E-state index in [0.29, 0.717) is 6.42 Å². The Morgan fingerprint density at radius 3 is 2.53 bits per heavy atom. The van der Waals surface area contributed by atoms with Gasteiger partial charge >= 0.3 is 5.97 Å². The number of aromatic carboxylic acids is 1. The molecule has 7 heteroatoms. The Bertz CT molecular complexity index is 495. The van der Waals surface area contributed by atoms with Gasteiger partial charge < -0.3 is 5.11 Å². The van der Waals surface area contributed by atoms with E-state index < -0.39 is 15.8 Å². The van der Waals surface area contributed by atoms with Crippen molar-refractivity contribution in [3.63, 3.8) is 0 Å². The van der Waals surface area contributed by atoms with Gasteiger partial charge in [-0.15, -0.1) is 0 Å². The van der Waals surface area contributed by atoms with E-state index in [2.05, 4.69) is 9.97 Å². The van der Waals surface area contributed by atoms with Crippen molar-refractivity contribution in [3.8, 4) is 0 Å². The van der Waals surface area contributed by atoms with Gasteiger partial charge in [0.1, 0.15) is 0 Å². The van der Waals surface area contributed by atoms with Crippen molar-refractivity contribution in [2.45, 2.75) is 18.5 Å². The zero-order valence-corrected chi connectivity index (χ0v) is 9.08. The number of carbonyl (C=O) groups is 1. The van der Waals surface area contributed by atoms with E-state index in [1.54, 1.807) is 6.92 Å². The van der Waals surface area contributed by atoms with Gasteiger partial charge in [-0.3, -0.25) is 0 Å². The molecule has 0 amide bonds. The predicted molar refractivity (Wildman–Crippen MR) is 51.5 cm³/mol. The number of rotatable bonds is 3. The van der Waals surface area contributed by atoms with Crippen LogP contribution in [-0.4, -0.2) is 35.7 Å². The Labute approximate surface area is 86.9 Å². The molecule has 0 aliphatic heterocycles. The molecule has 0 aromatic carbocycles. The summed E-state index contributed by atoms with van der Waals surface area (Å²) in [6, 6.07) is 0. The van der Waals surface area contributed by atoms with E-state index in [1.807, 2.05) is 0 Å². The van der Waals surface area contributed by atoms with Crippen LogP contribution in [0.1, 0.15) is 23.0 Å². The summed E-state index contributed by atoms with van der Waals surface area (Å²) in [5.41, 5.74) is 0.155. The zero-order chi connectivity index (χ0) is 11.6. The van der Waals surface area contributed by atoms with Crippen LogP contribution in [-0.2, 0) is 16.3 Å². The van der Waals surface area contributed by atoms with Gasteiger partial charge in [-0.25, -0.2) is 23.2 Å². The number of carboxylic acid groups (broad SMARTS) is 1. The molecular weight excluding hydrogens is 220 g/mol. The van der Waals surface area contributed by atoms with Gasteiger partial charge in [0.25, 0.3) is 0 Å². The molecule has 0 radical (unpaired) electrons. The molecule has 0 atom stereocenters. The average molecular weight is 230 g/mol. The standard InChI is InChI=1S/C8H10N2O4S/c1-3-6-5(7(11)12)4-9-8(10-6)15(2,13)14/h4H,3H2,1-2H3,(H,11,12).